The smallest absolute Gasteiger partial charge is 0.153 e. The molecule has 14 heavy (non-hydrogen) atoms. The maximum atomic E-state index is 11.7. The van der Waals surface area contributed by atoms with E-state index >= 15 is 0 Å². The van der Waals surface area contributed by atoms with Gasteiger partial charge in [-0.05, 0) is 25.5 Å². The van der Waals surface area contributed by atoms with E-state index in [0.717, 1.165) is 0 Å². The molecule has 1 aromatic heterocycles. The summed E-state index contributed by atoms with van der Waals surface area (Å²) in [6.45, 7) is 1.66. The average Bonchev–Trinajstić information content (AvgIpc) is 2.67. The number of ketones is 2. The molecule has 74 valence electrons. The zero-order valence-corrected chi connectivity index (χ0v) is 8.08. The second-order valence-corrected chi connectivity index (χ2v) is 3.80. The molecule has 0 aliphatic heterocycles. The third kappa shape index (κ3) is 1.12. The Balaban J connectivity index is 2.46. The van der Waals surface area contributed by atoms with Crippen molar-refractivity contribution in [3.05, 3.63) is 24.2 Å². The van der Waals surface area contributed by atoms with E-state index < -0.39 is 5.41 Å². The van der Waals surface area contributed by atoms with E-state index in [1.165, 1.54) is 6.26 Å². The van der Waals surface area contributed by atoms with Gasteiger partial charge in [0.25, 0.3) is 0 Å². The first-order valence-corrected chi connectivity index (χ1v) is 4.76. The van der Waals surface area contributed by atoms with E-state index in [4.69, 9.17) is 4.42 Å². The Labute approximate surface area is 82.1 Å². The fraction of sp³-hybridized carbons (Fsp3) is 0.455. The van der Waals surface area contributed by atoms with Gasteiger partial charge in [-0.2, -0.15) is 0 Å². The highest BCUT2D eigenvalue weighted by molar-refractivity contribution is 6.13. The Bertz CT molecular complexity index is 346. The molecule has 0 radical (unpaired) electrons. The summed E-state index contributed by atoms with van der Waals surface area (Å²) in [6.07, 6.45) is 3.12. The second kappa shape index (κ2) is 3.08. The van der Waals surface area contributed by atoms with Crippen LogP contribution in [0.4, 0.5) is 0 Å². The molecule has 0 aromatic carbocycles. The number of hydrogen-bond donors (Lipinski definition) is 0. The molecule has 0 atom stereocenters. The highest BCUT2D eigenvalue weighted by atomic mass is 16.3. The number of carbonyl (C=O) groups excluding carboxylic acids is 2. The van der Waals surface area contributed by atoms with E-state index in [0.29, 0.717) is 25.0 Å². The van der Waals surface area contributed by atoms with Gasteiger partial charge in [-0.15, -0.1) is 0 Å². The van der Waals surface area contributed by atoms with Gasteiger partial charge in [0.15, 0.2) is 11.6 Å². The molecule has 0 bridgehead atoms. The lowest BCUT2D eigenvalue weighted by Crippen LogP contribution is -2.43. The molecule has 0 saturated heterocycles. The summed E-state index contributed by atoms with van der Waals surface area (Å²) >= 11 is 0. The Morgan fingerprint density at radius 3 is 2.43 bits per heavy atom. The van der Waals surface area contributed by atoms with Crippen LogP contribution in [0.2, 0.25) is 0 Å². The Hall–Kier alpha value is -1.38. The Kier molecular flexibility index (Phi) is 2.02. The molecule has 1 saturated carbocycles. The van der Waals surface area contributed by atoms with Gasteiger partial charge in [0.2, 0.25) is 0 Å². The molecule has 1 fully saturated rings. The van der Waals surface area contributed by atoms with Crippen LogP contribution in [0.15, 0.2) is 22.8 Å². The number of hydrogen-bond acceptors (Lipinski definition) is 3. The molecule has 3 nitrogen and oxygen atoms in total. The molecular weight excluding hydrogens is 180 g/mol. The largest absolute Gasteiger partial charge is 0.468 e. The van der Waals surface area contributed by atoms with Crippen molar-refractivity contribution in [2.45, 2.75) is 31.6 Å². The lowest BCUT2D eigenvalue weighted by atomic mass is 9.72. The molecule has 3 heteroatoms. The summed E-state index contributed by atoms with van der Waals surface area (Å²) in [5.41, 5.74) is -1.03. The van der Waals surface area contributed by atoms with Gasteiger partial charge in [0.1, 0.15) is 11.2 Å². The van der Waals surface area contributed by atoms with Crippen LogP contribution in [0.5, 0.6) is 0 Å². The average molecular weight is 192 g/mol. The minimum absolute atomic E-state index is 0.0244. The molecule has 0 unspecified atom stereocenters. The van der Waals surface area contributed by atoms with Crippen LogP contribution in [0.3, 0.4) is 0 Å². The topological polar surface area (TPSA) is 47.3 Å². The lowest BCUT2D eigenvalue weighted by Gasteiger charge is -2.28. The molecule has 1 aromatic rings. The van der Waals surface area contributed by atoms with Crippen molar-refractivity contribution in [2.24, 2.45) is 0 Å². The normalized spacial score (nSPS) is 21.2. The third-order valence-corrected chi connectivity index (χ3v) is 2.94. The highest BCUT2D eigenvalue weighted by Gasteiger charge is 2.46. The summed E-state index contributed by atoms with van der Waals surface area (Å²) in [7, 11) is 0. The zero-order valence-electron chi connectivity index (χ0n) is 8.08. The van der Waals surface area contributed by atoms with E-state index in [-0.39, 0.29) is 11.6 Å². The van der Waals surface area contributed by atoms with Crippen molar-refractivity contribution < 1.29 is 14.0 Å². The number of furan rings is 1. The third-order valence-electron chi connectivity index (χ3n) is 2.94. The van der Waals surface area contributed by atoms with E-state index in [9.17, 15) is 9.59 Å². The number of rotatable bonds is 1. The summed E-state index contributed by atoms with van der Waals surface area (Å²) < 4.78 is 5.18. The van der Waals surface area contributed by atoms with Gasteiger partial charge in [0, 0.05) is 12.8 Å². The molecule has 2 rings (SSSR count). The molecule has 1 heterocycles. The van der Waals surface area contributed by atoms with Crippen molar-refractivity contribution in [3.8, 4) is 0 Å². The van der Waals surface area contributed by atoms with Crippen molar-refractivity contribution in [2.75, 3.05) is 0 Å². The molecule has 0 amide bonds. The van der Waals surface area contributed by atoms with Crippen molar-refractivity contribution in [3.63, 3.8) is 0 Å². The molecule has 0 N–H and O–H groups in total. The lowest BCUT2D eigenvalue weighted by molar-refractivity contribution is -0.138. The predicted octanol–water partition coefficient (Wildman–Crippen LogP) is 1.86. The van der Waals surface area contributed by atoms with Crippen LogP contribution in [0.25, 0.3) is 0 Å². The summed E-state index contributed by atoms with van der Waals surface area (Å²) in [5, 5.41) is 0. The minimum Gasteiger partial charge on any atom is -0.468 e. The first kappa shape index (κ1) is 9.19. The zero-order chi connectivity index (χ0) is 10.2. The second-order valence-electron chi connectivity index (χ2n) is 3.80. The van der Waals surface area contributed by atoms with Gasteiger partial charge in [-0.1, -0.05) is 0 Å². The molecule has 1 aliphatic rings. The van der Waals surface area contributed by atoms with Crippen molar-refractivity contribution >= 4 is 11.6 Å². The number of carbonyl (C=O) groups is 2. The monoisotopic (exact) mass is 192 g/mol. The first-order chi connectivity index (χ1) is 6.65. The van der Waals surface area contributed by atoms with Crippen LogP contribution in [0.1, 0.15) is 31.9 Å². The quantitative estimate of drug-likeness (QED) is 0.638. The fourth-order valence-electron chi connectivity index (χ4n) is 1.90. The van der Waals surface area contributed by atoms with Crippen molar-refractivity contribution in [1.82, 2.24) is 0 Å². The first-order valence-electron chi connectivity index (χ1n) is 4.76. The molecular formula is C11H12O3. The van der Waals surface area contributed by atoms with Crippen LogP contribution in [0, 0.1) is 0 Å². The van der Waals surface area contributed by atoms with Gasteiger partial charge in [-0.25, -0.2) is 0 Å². The highest BCUT2D eigenvalue weighted by Crippen LogP contribution is 2.33. The summed E-state index contributed by atoms with van der Waals surface area (Å²) in [6, 6.07) is 3.40. The van der Waals surface area contributed by atoms with Gasteiger partial charge in [-0.3, -0.25) is 9.59 Å². The van der Waals surface area contributed by atoms with Crippen LogP contribution in [-0.4, -0.2) is 11.6 Å². The van der Waals surface area contributed by atoms with Crippen LogP contribution < -0.4 is 0 Å². The van der Waals surface area contributed by atoms with Crippen LogP contribution >= 0.6 is 0 Å². The van der Waals surface area contributed by atoms with Gasteiger partial charge in [0.05, 0.1) is 6.26 Å². The maximum absolute atomic E-state index is 11.7. The summed E-state index contributed by atoms with van der Waals surface area (Å²) in [5.74, 6) is 0.430. The van der Waals surface area contributed by atoms with Gasteiger partial charge >= 0.3 is 0 Å². The van der Waals surface area contributed by atoms with E-state index in [2.05, 4.69) is 0 Å². The van der Waals surface area contributed by atoms with Gasteiger partial charge < -0.3 is 4.42 Å². The van der Waals surface area contributed by atoms with Crippen LogP contribution in [-0.2, 0) is 15.0 Å². The minimum atomic E-state index is -1.03. The van der Waals surface area contributed by atoms with E-state index in [1.54, 1.807) is 19.1 Å². The van der Waals surface area contributed by atoms with Crippen molar-refractivity contribution in [1.29, 1.82) is 0 Å². The predicted molar refractivity (Wildman–Crippen MR) is 49.9 cm³/mol. The standard InChI is InChI=1S/C11H12O3/c1-11(10-6-3-7-14-10)8(12)4-2-5-9(11)13/h3,6-7H,2,4-5H2,1H3. The molecule has 1 aliphatic carbocycles. The number of Topliss-reactive ketones (excluding diaryl/α,β-unsaturated/α-hetero) is 2. The maximum Gasteiger partial charge on any atom is 0.153 e. The SMILES string of the molecule is CC1(c2ccco2)C(=O)CCCC1=O. The molecule has 0 spiro atoms. The Morgan fingerprint density at radius 1 is 1.29 bits per heavy atom. The Morgan fingerprint density at radius 2 is 1.93 bits per heavy atom. The van der Waals surface area contributed by atoms with E-state index in [1.807, 2.05) is 0 Å². The summed E-state index contributed by atoms with van der Waals surface area (Å²) in [4.78, 5) is 23.5. The fourth-order valence-corrected chi connectivity index (χ4v) is 1.90.